The zero-order chi connectivity index (χ0) is 30.6. The van der Waals surface area contributed by atoms with E-state index in [1.165, 1.54) is 38.5 Å². The second-order valence-electron chi connectivity index (χ2n) is 10.3. The number of phosphoric acid groups is 1. The van der Waals surface area contributed by atoms with Crippen LogP contribution in [0.3, 0.4) is 0 Å². The van der Waals surface area contributed by atoms with E-state index in [4.69, 9.17) is 19.3 Å². The molecule has 0 rings (SSSR count). The second kappa shape index (κ2) is 27.1. The third-order valence-electron chi connectivity index (χ3n) is 6.27. The summed E-state index contributed by atoms with van der Waals surface area (Å²) >= 11 is 0. The number of allylic oxidation sites excluding steroid dienone is 5. The molecule has 0 amide bonds. The molecular formula is C31H55O9P. The Balaban J connectivity index is 4.24. The molecule has 0 heterocycles. The van der Waals surface area contributed by atoms with Crippen molar-refractivity contribution >= 4 is 19.8 Å². The summed E-state index contributed by atoms with van der Waals surface area (Å²) in [5.41, 5.74) is 0. The van der Waals surface area contributed by atoms with Crippen molar-refractivity contribution in [3.8, 4) is 0 Å². The molecule has 0 aliphatic carbocycles. The van der Waals surface area contributed by atoms with Crippen molar-refractivity contribution in [1.82, 2.24) is 0 Å². The lowest BCUT2D eigenvalue weighted by molar-refractivity contribution is -0.161. The summed E-state index contributed by atoms with van der Waals surface area (Å²) in [6.45, 7) is 3.37. The smallest absolute Gasteiger partial charge is 0.462 e. The SMILES string of the molecule is CCCCCCCC/C=C/C/C=C/C=C/C(O)CCCC(=O)O[C@H](COC(=O)CCCCCCC)COP(=O)(O)O. The highest BCUT2D eigenvalue weighted by Crippen LogP contribution is 2.35. The van der Waals surface area contributed by atoms with Gasteiger partial charge in [0.2, 0.25) is 0 Å². The average molecular weight is 603 g/mol. The summed E-state index contributed by atoms with van der Waals surface area (Å²) in [4.78, 5) is 42.1. The molecule has 0 fully saturated rings. The molecule has 3 N–H and O–H groups in total. The standard InChI is InChI=1S/C31H55O9P/c1-3-5-7-9-10-11-12-13-14-15-16-18-19-22-28(32)23-21-25-31(34)40-29(27-39-41(35,36)37)26-38-30(33)24-20-17-8-6-4-2/h13-14,16,18-19,22,28-29,32H,3-12,15,17,20-21,23-27H2,1-2H3,(H2,35,36,37)/b14-13+,18-16+,22-19+/t28?,29-/m1/s1. The molecule has 0 aromatic rings. The van der Waals surface area contributed by atoms with Crippen molar-refractivity contribution in [2.24, 2.45) is 0 Å². The van der Waals surface area contributed by atoms with E-state index in [0.29, 0.717) is 19.3 Å². The minimum Gasteiger partial charge on any atom is -0.462 e. The van der Waals surface area contributed by atoms with Crippen molar-refractivity contribution < 1.29 is 43.0 Å². The van der Waals surface area contributed by atoms with Gasteiger partial charge in [-0.15, -0.1) is 0 Å². The molecule has 1 unspecified atom stereocenters. The molecule has 0 saturated carbocycles. The molecule has 2 atom stereocenters. The van der Waals surface area contributed by atoms with Gasteiger partial charge in [-0.1, -0.05) is 108 Å². The molecule has 0 aliphatic rings. The van der Waals surface area contributed by atoms with E-state index in [9.17, 15) is 19.3 Å². The lowest BCUT2D eigenvalue weighted by atomic mass is 10.1. The molecule has 0 radical (unpaired) electrons. The largest absolute Gasteiger partial charge is 0.469 e. The number of rotatable bonds is 27. The molecule has 0 bridgehead atoms. The fourth-order valence-corrected chi connectivity index (χ4v) is 4.27. The quantitative estimate of drug-likeness (QED) is 0.0291. The molecule has 0 aromatic heterocycles. The van der Waals surface area contributed by atoms with Crippen LogP contribution in [0.2, 0.25) is 0 Å². The number of phosphoric ester groups is 1. The monoisotopic (exact) mass is 602 g/mol. The van der Waals surface area contributed by atoms with Gasteiger partial charge in [-0.3, -0.25) is 14.1 Å². The van der Waals surface area contributed by atoms with Crippen molar-refractivity contribution in [2.75, 3.05) is 13.2 Å². The maximum atomic E-state index is 12.2. The van der Waals surface area contributed by atoms with Gasteiger partial charge in [0.1, 0.15) is 6.61 Å². The minimum absolute atomic E-state index is 0.0120. The van der Waals surface area contributed by atoms with Crippen LogP contribution >= 0.6 is 7.82 Å². The summed E-state index contributed by atoms with van der Waals surface area (Å²) < 4.78 is 25.8. The highest BCUT2D eigenvalue weighted by Gasteiger charge is 2.23. The molecule has 41 heavy (non-hydrogen) atoms. The number of ether oxygens (including phenoxy) is 2. The second-order valence-corrected chi connectivity index (χ2v) is 11.5. The number of carbonyl (C=O) groups is 2. The Hall–Kier alpha value is -1.77. The third kappa shape index (κ3) is 29.5. The number of aliphatic hydroxyl groups is 1. The first-order valence-corrected chi connectivity index (χ1v) is 16.9. The van der Waals surface area contributed by atoms with E-state index in [-0.39, 0.29) is 19.4 Å². The number of aliphatic hydroxyl groups excluding tert-OH is 1. The predicted octanol–water partition coefficient (Wildman–Crippen LogP) is 7.25. The predicted molar refractivity (Wildman–Crippen MR) is 162 cm³/mol. The van der Waals surface area contributed by atoms with Gasteiger partial charge in [0.05, 0.1) is 12.7 Å². The van der Waals surface area contributed by atoms with E-state index >= 15 is 0 Å². The summed E-state index contributed by atoms with van der Waals surface area (Å²) in [7, 11) is -4.78. The van der Waals surface area contributed by atoms with Crippen LogP contribution < -0.4 is 0 Å². The van der Waals surface area contributed by atoms with Gasteiger partial charge in [-0.05, 0) is 38.5 Å². The fourth-order valence-electron chi connectivity index (χ4n) is 3.91. The van der Waals surface area contributed by atoms with Crippen molar-refractivity contribution in [1.29, 1.82) is 0 Å². The number of carbonyl (C=O) groups excluding carboxylic acids is 2. The zero-order valence-corrected chi connectivity index (χ0v) is 26.2. The maximum absolute atomic E-state index is 12.2. The fraction of sp³-hybridized carbons (Fsp3) is 0.742. The molecule has 0 spiro atoms. The topological polar surface area (TPSA) is 140 Å². The normalized spacial score (nSPS) is 13.8. The summed E-state index contributed by atoms with van der Waals surface area (Å²) in [5.74, 6) is -1.10. The Morgan fingerprint density at radius 2 is 1.39 bits per heavy atom. The first-order chi connectivity index (χ1) is 19.7. The van der Waals surface area contributed by atoms with Gasteiger partial charge in [0.25, 0.3) is 0 Å². The van der Waals surface area contributed by atoms with Gasteiger partial charge in [-0.25, -0.2) is 4.57 Å². The summed E-state index contributed by atoms with van der Waals surface area (Å²) in [6, 6.07) is 0. The Kier molecular flexibility index (Phi) is 25.9. The van der Waals surface area contributed by atoms with Crippen LogP contribution in [0.15, 0.2) is 36.5 Å². The lowest BCUT2D eigenvalue weighted by Gasteiger charge is -2.18. The van der Waals surface area contributed by atoms with Crippen LogP contribution in [0.4, 0.5) is 0 Å². The van der Waals surface area contributed by atoms with Gasteiger partial charge >= 0.3 is 19.8 Å². The van der Waals surface area contributed by atoms with Gasteiger partial charge < -0.3 is 24.4 Å². The van der Waals surface area contributed by atoms with Crippen LogP contribution in [0.25, 0.3) is 0 Å². The Labute approximate surface area is 247 Å². The Morgan fingerprint density at radius 3 is 2.07 bits per heavy atom. The third-order valence-corrected chi connectivity index (χ3v) is 6.75. The van der Waals surface area contributed by atoms with E-state index in [0.717, 1.165) is 38.5 Å². The number of hydrogen-bond acceptors (Lipinski definition) is 7. The van der Waals surface area contributed by atoms with Gasteiger partial charge in [0.15, 0.2) is 6.10 Å². The van der Waals surface area contributed by atoms with Crippen LogP contribution in [-0.4, -0.2) is 52.3 Å². The Morgan fingerprint density at radius 1 is 0.756 bits per heavy atom. The molecule has 0 aliphatic heterocycles. The highest BCUT2D eigenvalue weighted by molar-refractivity contribution is 7.46. The average Bonchev–Trinajstić information content (AvgIpc) is 2.92. The van der Waals surface area contributed by atoms with Crippen LogP contribution in [-0.2, 0) is 28.2 Å². The zero-order valence-electron chi connectivity index (χ0n) is 25.3. The van der Waals surface area contributed by atoms with Crippen LogP contribution in [0.1, 0.15) is 123 Å². The lowest BCUT2D eigenvalue weighted by Crippen LogP contribution is -2.29. The molecule has 10 heteroatoms. The number of hydrogen-bond donors (Lipinski definition) is 3. The van der Waals surface area contributed by atoms with Crippen LogP contribution in [0, 0.1) is 0 Å². The van der Waals surface area contributed by atoms with E-state index < -0.39 is 38.6 Å². The highest BCUT2D eigenvalue weighted by atomic mass is 31.2. The summed E-state index contributed by atoms with van der Waals surface area (Å²) in [5, 5.41) is 10.1. The van der Waals surface area contributed by atoms with Crippen molar-refractivity contribution in [3.05, 3.63) is 36.5 Å². The summed E-state index contributed by atoms with van der Waals surface area (Å²) in [6.07, 6.45) is 25.3. The van der Waals surface area contributed by atoms with E-state index in [2.05, 4.69) is 30.5 Å². The van der Waals surface area contributed by atoms with Gasteiger partial charge in [-0.2, -0.15) is 0 Å². The van der Waals surface area contributed by atoms with Crippen molar-refractivity contribution in [2.45, 2.75) is 135 Å². The van der Waals surface area contributed by atoms with E-state index in [1.807, 2.05) is 12.2 Å². The molecular weight excluding hydrogens is 547 g/mol. The van der Waals surface area contributed by atoms with Crippen LogP contribution in [0.5, 0.6) is 0 Å². The first-order valence-electron chi connectivity index (χ1n) is 15.4. The molecule has 9 nitrogen and oxygen atoms in total. The number of unbranched alkanes of at least 4 members (excludes halogenated alkanes) is 10. The first kappa shape index (κ1) is 39.2. The minimum atomic E-state index is -4.78. The Bertz CT molecular complexity index is 788. The molecule has 0 aromatic carbocycles. The van der Waals surface area contributed by atoms with E-state index in [1.54, 1.807) is 12.2 Å². The van der Waals surface area contributed by atoms with Gasteiger partial charge in [0, 0.05) is 12.8 Å². The number of esters is 2. The molecule has 238 valence electrons. The van der Waals surface area contributed by atoms with Crippen molar-refractivity contribution in [3.63, 3.8) is 0 Å². The molecule has 0 saturated heterocycles. The maximum Gasteiger partial charge on any atom is 0.469 e.